The third-order valence-electron chi connectivity index (χ3n) is 3.81. The fourth-order valence-electron chi connectivity index (χ4n) is 2.59. The molecule has 0 saturated carbocycles. The number of benzene rings is 1. The molecule has 23 heavy (non-hydrogen) atoms. The molecule has 0 radical (unpaired) electrons. The van der Waals surface area contributed by atoms with Gasteiger partial charge in [-0.1, -0.05) is 74.4 Å². The Bertz CT molecular complexity index is 704. The molecule has 0 aliphatic carbocycles. The summed E-state index contributed by atoms with van der Waals surface area (Å²) in [4.78, 5) is 0. The second kappa shape index (κ2) is 6.66. The van der Waals surface area contributed by atoms with E-state index >= 15 is 0 Å². The van der Waals surface area contributed by atoms with Gasteiger partial charge in [-0.25, -0.2) is 0 Å². The van der Waals surface area contributed by atoms with Crippen LogP contribution in [0.15, 0.2) is 17.5 Å². The summed E-state index contributed by atoms with van der Waals surface area (Å²) < 4.78 is 7.07. The minimum absolute atomic E-state index is 0.0155. The average Bonchev–Trinajstić information content (AvgIpc) is 2.83. The van der Waals surface area contributed by atoms with Gasteiger partial charge in [-0.15, -0.1) is 0 Å². The Morgan fingerprint density at radius 2 is 1.52 bits per heavy atom. The molecule has 0 bridgehead atoms. The molecule has 0 aliphatic rings. The van der Waals surface area contributed by atoms with Crippen LogP contribution in [0.5, 0.6) is 5.75 Å². The van der Waals surface area contributed by atoms with Gasteiger partial charge in [0, 0.05) is 22.1 Å². The van der Waals surface area contributed by atoms with Gasteiger partial charge in [0.15, 0.2) is 0 Å². The summed E-state index contributed by atoms with van der Waals surface area (Å²) in [5.41, 5.74) is 4.93. The highest BCUT2D eigenvalue weighted by Crippen LogP contribution is 2.43. The van der Waals surface area contributed by atoms with Gasteiger partial charge in [-0.3, -0.25) is 0 Å². The lowest BCUT2D eigenvalue weighted by atomic mass is 9.78. The van der Waals surface area contributed by atoms with E-state index < -0.39 is 0 Å². The van der Waals surface area contributed by atoms with Crippen LogP contribution in [0.4, 0.5) is 0 Å². The molecular weight excluding hydrogens is 340 g/mol. The van der Waals surface area contributed by atoms with E-state index in [1.807, 2.05) is 0 Å². The van der Waals surface area contributed by atoms with Crippen LogP contribution in [0, 0.1) is 3.82 Å². The van der Waals surface area contributed by atoms with Crippen molar-refractivity contribution in [1.82, 2.24) is 0 Å². The molecule has 1 aromatic carbocycles. The highest BCUT2D eigenvalue weighted by molar-refractivity contribution is 7.79. The fraction of sp³-hybridized carbons (Fsp3) is 0.526. The average molecular weight is 367 g/mol. The lowest BCUT2D eigenvalue weighted by molar-refractivity contribution is 0.319. The summed E-state index contributed by atoms with van der Waals surface area (Å²) >= 11 is 5.52. The van der Waals surface area contributed by atoms with Crippen molar-refractivity contribution in [2.45, 2.75) is 59.3 Å². The maximum absolute atomic E-state index is 6.10. The van der Waals surface area contributed by atoms with Gasteiger partial charge in [-0.2, -0.15) is 0 Å². The second-order valence-electron chi connectivity index (χ2n) is 7.83. The van der Waals surface area contributed by atoms with Gasteiger partial charge in [0.2, 0.25) is 0 Å². The van der Waals surface area contributed by atoms with Crippen LogP contribution < -0.4 is 4.74 Å². The van der Waals surface area contributed by atoms with Crippen molar-refractivity contribution in [2.24, 2.45) is 0 Å². The zero-order chi connectivity index (χ0) is 17.4. The maximum Gasteiger partial charge on any atom is 0.126 e. The van der Waals surface area contributed by atoms with E-state index in [9.17, 15) is 0 Å². The van der Waals surface area contributed by atoms with Crippen molar-refractivity contribution in [2.75, 3.05) is 6.61 Å². The monoisotopic (exact) mass is 366 g/mol. The SMILES string of the molecule is CCOc1c(C(C)(C)C)cc(-c2cssc2=S)cc1C(C)(C)C. The van der Waals surface area contributed by atoms with E-state index in [-0.39, 0.29) is 10.8 Å². The van der Waals surface area contributed by atoms with E-state index in [0.29, 0.717) is 6.61 Å². The van der Waals surface area contributed by atoms with Crippen LogP contribution in [0.3, 0.4) is 0 Å². The first-order chi connectivity index (χ1) is 10.6. The molecule has 0 saturated heterocycles. The van der Waals surface area contributed by atoms with Crippen LogP contribution in [-0.2, 0) is 10.8 Å². The Hall–Kier alpha value is -0.710. The summed E-state index contributed by atoms with van der Waals surface area (Å²) in [6.07, 6.45) is 0. The normalized spacial score (nSPS) is 12.5. The predicted octanol–water partition coefficient (Wildman–Crippen LogP) is 7.20. The minimum Gasteiger partial charge on any atom is -0.493 e. The van der Waals surface area contributed by atoms with E-state index in [1.54, 1.807) is 20.7 Å². The van der Waals surface area contributed by atoms with Gasteiger partial charge >= 0.3 is 0 Å². The first-order valence-corrected chi connectivity index (χ1v) is 10.6. The second-order valence-corrected chi connectivity index (χ2v) is 10.6. The first kappa shape index (κ1) is 18.6. The lowest BCUT2D eigenvalue weighted by Gasteiger charge is -2.30. The van der Waals surface area contributed by atoms with E-state index in [4.69, 9.17) is 17.0 Å². The Morgan fingerprint density at radius 3 is 1.87 bits per heavy atom. The molecule has 0 aliphatic heterocycles. The molecule has 1 heterocycles. The first-order valence-electron chi connectivity index (χ1n) is 7.95. The molecular formula is C19H26OS3. The van der Waals surface area contributed by atoms with Crippen molar-refractivity contribution >= 4 is 32.9 Å². The predicted molar refractivity (Wildman–Crippen MR) is 107 cm³/mol. The molecule has 2 aromatic rings. The standard InChI is InChI=1S/C19H26OS3/c1-8-20-16-14(18(2,3)4)9-12(10-15(16)19(5,6)7)13-11-22-23-17(13)21/h9-11H,8H2,1-7H3. The van der Waals surface area contributed by atoms with Crippen molar-refractivity contribution in [1.29, 1.82) is 0 Å². The van der Waals surface area contributed by atoms with Gasteiger partial charge < -0.3 is 4.74 Å². The highest BCUT2D eigenvalue weighted by Gasteiger charge is 2.28. The third kappa shape index (κ3) is 4.04. The molecule has 0 spiro atoms. The quantitative estimate of drug-likeness (QED) is 0.419. The molecule has 0 amide bonds. The van der Waals surface area contributed by atoms with Gasteiger partial charge in [0.1, 0.15) is 9.57 Å². The van der Waals surface area contributed by atoms with Crippen LogP contribution in [-0.4, -0.2) is 6.61 Å². The Kier molecular flexibility index (Phi) is 5.39. The molecule has 4 heteroatoms. The smallest absolute Gasteiger partial charge is 0.126 e. The Balaban J connectivity index is 2.83. The number of ether oxygens (including phenoxy) is 1. The molecule has 126 valence electrons. The van der Waals surface area contributed by atoms with Crippen LogP contribution in [0.25, 0.3) is 11.1 Å². The summed E-state index contributed by atoms with van der Waals surface area (Å²) in [5.74, 6) is 1.04. The summed E-state index contributed by atoms with van der Waals surface area (Å²) in [5, 5.41) is 2.17. The largest absolute Gasteiger partial charge is 0.493 e. The summed E-state index contributed by atoms with van der Waals surface area (Å²) in [6.45, 7) is 16.2. The van der Waals surface area contributed by atoms with Crippen molar-refractivity contribution < 1.29 is 4.74 Å². The van der Waals surface area contributed by atoms with Crippen LogP contribution in [0.2, 0.25) is 0 Å². The zero-order valence-corrected chi connectivity index (χ0v) is 17.5. The van der Waals surface area contributed by atoms with Crippen LogP contribution >= 0.6 is 32.9 Å². The fourth-order valence-corrected chi connectivity index (χ4v) is 4.99. The number of hydrogen-bond acceptors (Lipinski definition) is 4. The lowest BCUT2D eigenvalue weighted by Crippen LogP contribution is -2.20. The molecule has 0 atom stereocenters. The third-order valence-corrected chi connectivity index (χ3v) is 6.48. The minimum atomic E-state index is 0.0155. The van der Waals surface area contributed by atoms with Crippen molar-refractivity contribution in [3.63, 3.8) is 0 Å². The maximum atomic E-state index is 6.10. The van der Waals surface area contributed by atoms with E-state index in [2.05, 4.69) is 66.0 Å². The highest BCUT2D eigenvalue weighted by atomic mass is 32.9. The summed E-state index contributed by atoms with van der Waals surface area (Å²) in [6, 6.07) is 4.54. The molecule has 0 unspecified atom stereocenters. The Labute approximate surface area is 152 Å². The zero-order valence-electron chi connectivity index (χ0n) is 15.1. The number of rotatable bonds is 3. The molecule has 0 N–H and O–H groups in total. The molecule has 1 aromatic heterocycles. The number of hydrogen-bond donors (Lipinski definition) is 0. The van der Waals surface area contributed by atoms with Crippen molar-refractivity contribution in [3.8, 4) is 16.9 Å². The van der Waals surface area contributed by atoms with Crippen LogP contribution in [0.1, 0.15) is 59.6 Å². The molecule has 0 fully saturated rings. The van der Waals surface area contributed by atoms with Crippen molar-refractivity contribution in [3.05, 3.63) is 32.5 Å². The molecule has 1 nitrogen and oxygen atoms in total. The summed E-state index contributed by atoms with van der Waals surface area (Å²) in [7, 11) is 3.37. The Morgan fingerprint density at radius 1 is 1.00 bits per heavy atom. The van der Waals surface area contributed by atoms with E-state index in [0.717, 1.165) is 9.57 Å². The van der Waals surface area contributed by atoms with Gasteiger partial charge in [0.05, 0.1) is 6.61 Å². The molecule has 2 rings (SSSR count). The van der Waals surface area contributed by atoms with Gasteiger partial charge in [0.25, 0.3) is 0 Å². The van der Waals surface area contributed by atoms with Gasteiger partial charge in [-0.05, 0) is 35.4 Å². The van der Waals surface area contributed by atoms with E-state index in [1.165, 1.54) is 22.3 Å². The topological polar surface area (TPSA) is 9.23 Å².